The molecule has 1 saturated heterocycles. The fraction of sp³-hybridized carbons (Fsp3) is 0.600. The first-order valence-electron chi connectivity index (χ1n) is 6.72. The van der Waals surface area contributed by atoms with Gasteiger partial charge in [0.1, 0.15) is 0 Å². The quantitative estimate of drug-likeness (QED) is 0.847. The van der Waals surface area contributed by atoms with Crippen LogP contribution in [0.15, 0.2) is 24.3 Å². The summed E-state index contributed by atoms with van der Waals surface area (Å²) in [5.74, 6) is 0.768. The van der Waals surface area contributed by atoms with Crippen LogP contribution in [-0.2, 0) is 0 Å². The SMILES string of the molecule is CC1CCCN(c2ccccc2[C@H](C)N)C1C. The number of benzene rings is 1. The van der Waals surface area contributed by atoms with Crippen molar-refractivity contribution in [2.45, 2.75) is 45.7 Å². The minimum Gasteiger partial charge on any atom is -0.368 e. The van der Waals surface area contributed by atoms with Crippen molar-refractivity contribution >= 4 is 5.69 Å². The lowest BCUT2D eigenvalue weighted by Gasteiger charge is -2.41. The lowest BCUT2D eigenvalue weighted by atomic mass is 9.90. The highest BCUT2D eigenvalue weighted by Gasteiger charge is 2.26. The van der Waals surface area contributed by atoms with Crippen LogP contribution in [0, 0.1) is 5.92 Å². The Hall–Kier alpha value is -1.02. The van der Waals surface area contributed by atoms with Gasteiger partial charge in [-0.05, 0) is 44.2 Å². The molecule has 1 fully saturated rings. The molecule has 2 nitrogen and oxygen atoms in total. The molecule has 0 aromatic heterocycles. The number of nitrogens with two attached hydrogens (primary N) is 1. The second-order valence-corrected chi connectivity index (χ2v) is 5.40. The standard InChI is InChI=1S/C15H24N2/c1-11-7-6-10-17(13(11)3)15-9-5-4-8-14(15)12(2)16/h4-5,8-9,11-13H,6-7,10,16H2,1-3H3/t11?,12-,13?/m0/s1. The highest BCUT2D eigenvalue weighted by Crippen LogP contribution is 2.32. The van der Waals surface area contributed by atoms with Crippen molar-refractivity contribution in [2.75, 3.05) is 11.4 Å². The Bertz CT molecular complexity index is 373. The van der Waals surface area contributed by atoms with Gasteiger partial charge in [0.25, 0.3) is 0 Å². The van der Waals surface area contributed by atoms with Crippen LogP contribution >= 0.6 is 0 Å². The molecule has 1 aliphatic rings. The second-order valence-electron chi connectivity index (χ2n) is 5.40. The Morgan fingerprint density at radius 3 is 2.71 bits per heavy atom. The summed E-state index contributed by atoms with van der Waals surface area (Å²) in [6.07, 6.45) is 2.64. The van der Waals surface area contributed by atoms with E-state index in [1.54, 1.807) is 0 Å². The van der Waals surface area contributed by atoms with Crippen LogP contribution in [0.4, 0.5) is 5.69 Å². The van der Waals surface area contributed by atoms with Gasteiger partial charge in [0.05, 0.1) is 0 Å². The lowest BCUT2D eigenvalue weighted by molar-refractivity contribution is 0.363. The van der Waals surface area contributed by atoms with E-state index in [-0.39, 0.29) is 6.04 Å². The van der Waals surface area contributed by atoms with E-state index in [1.807, 2.05) is 0 Å². The van der Waals surface area contributed by atoms with Gasteiger partial charge in [-0.1, -0.05) is 25.1 Å². The molecule has 0 saturated carbocycles. The van der Waals surface area contributed by atoms with E-state index >= 15 is 0 Å². The zero-order valence-electron chi connectivity index (χ0n) is 11.2. The van der Waals surface area contributed by atoms with Gasteiger partial charge in [-0.2, -0.15) is 0 Å². The molecule has 2 heteroatoms. The zero-order valence-corrected chi connectivity index (χ0v) is 11.2. The van der Waals surface area contributed by atoms with E-state index < -0.39 is 0 Å². The van der Waals surface area contributed by atoms with Gasteiger partial charge in [0, 0.05) is 24.3 Å². The van der Waals surface area contributed by atoms with E-state index in [1.165, 1.54) is 24.1 Å². The summed E-state index contributed by atoms with van der Waals surface area (Å²) in [5.41, 5.74) is 8.68. The Balaban J connectivity index is 2.32. The normalized spacial score (nSPS) is 26.9. The highest BCUT2D eigenvalue weighted by atomic mass is 15.2. The third kappa shape index (κ3) is 2.47. The first kappa shape index (κ1) is 12.4. The van der Waals surface area contributed by atoms with Gasteiger partial charge in [-0.15, -0.1) is 0 Å². The first-order chi connectivity index (χ1) is 8.11. The summed E-state index contributed by atoms with van der Waals surface area (Å²) < 4.78 is 0. The third-order valence-electron chi connectivity index (χ3n) is 4.11. The number of nitrogens with zero attached hydrogens (tertiary/aromatic N) is 1. The van der Waals surface area contributed by atoms with Crippen molar-refractivity contribution in [1.82, 2.24) is 0 Å². The molecule has 0 bridgehead atoms. The second kappa shape index (κ2) is 5.09. The fourth-order valence-electron chi connectivity index (χ4n) is 2.81. The van der Waals surface area contributed by atoms with Crippen molar-refractivity contribution < 1.29 is 0 Å². The van der Waals surface area contributed by atoms with Crippen molar-refractivity contribution in [3.8, 4) is 0 Å². The average molecular weight is 232 g/mol. The molecule has 2 rings (SSSR count). The van der Waals surface area contributed by atoms with Crippen LogP contribution < -0.4 is 10.6 Å². The topological polar surface area (TPSA) is 29.3 Å². The summed E-state index contributed by atoms with van der Waals surface area (Å²) in [7, 11) is 0. The highest BCUT2D eigenvalue weighted by molar-refractivity contribution is 5.56. The number of hydrogen-bond donors (Lipinski definition) is 1. The van der Waals surface area contributed by atoms with Crippen LogP contribution in [0.2, 0.25) is 0 Å². The van der Waals surface area contributed by atoms with Crippen LogP contribution in [0.3, 0.4) is 0 Å². The molecule has 2 N–H and O–H groups in total. The molecule has 1 heterocycles. The minimum atomic E-state index is 0.107. The van der Waals surface area contributed by atoms with Crippen LogP contribution in [0.5, 0.6) is 0 Å². The number of piperidine rings is 1. The largest absolute Gasteiger partial charge is 0.368 e. The Morgan fingerprint density at radius 1 is 1.29 bits per heavy atom. The number of anilines is 1. The summed E-state index contributed by atoms with van der Waals surface area (Å²) in [6, 6.07) is 9.30. The predicted octanol–water partition coefficient (Wildman–Crippen LogP) is 3.33. The van der Waals surface area contributed by atoms with Crippen molar-refractivity contribution in [1.29, 1.82) is 0 Å². The van der Waals surface area contributed by atoms with E-state index in [0.717, 1.165) is 12.5 Å². The molecule has 1 aromatic rings. The molecule has 0 radical (unpaired) electrons. The molecular formula is C15H24N2. The first-order valence-corrected chi connectivity index (χ1v) is 6.72. The van der Waals surface area contributed by atoms with Gasteiger partial charge in [0.2, 0.25) is 0 Å². The van der Waals surface area contributed by atoms with E-state index in [2.05, 4.69) is 49.9 Å². The van der Waals surface area contributed by atoms with E-state index in [4.69, 9.17) is 5.73 Å². The molecule has 0 aliphatic carbocycles. The van der Waals surface area contributed by atoms with Crippen molar-refractivity contribution in [2.24, 2.45) is 11.7 Å². The van der Waals surface area contributed by atoms with E-state index in [0.29, 0.717) is 6.04 Å². The maximum absolute atomic E-state index is 6.07. The molecule has 0 amide bonds. The lowest BCUT2D eigenvalue weighted by Crippen LogP contribution is -2.43. The maximum Gasteiger partial charge on any atom is 0.0417 e. The molecule has 94 valence electrons. The Labute approximate surface area is 105 Å². The monoisotopic (exact) mass is 232 g/mol. The van der Waals surface area contributed by atoms with Crippen molar-refractivity contribution in [3.05, 3.63) is 29.8 Å². The Morgan fingerprint density at radius 2 is 2.00 bits per heavy atom. The molecule has 17 heavy (non-hydrogen) atoms. The number of para-hydroxylation sites is 1. The molecule has 0 spiro atoms. The van der Waals surface area contributed by atoms with E-state index in [9.17, 15) is 0 Å². The smallest absolute Gasteiger partial charge is 0.0417 e. The van der Waals surface area contributed by atoms with Crippen LogP contribution in [-0.4, -0.2) is 12.6 Å². The van der Waals surface area contributed by atoms with Gasteiger partial charge in [0.15, 0.2) is 0 Å². The van der Waals surface area contributed by atoms with Gasteiger partial charge >= 0.3 is 0 Å². The Kier molecular flexibility index (Phi) is 3.72. The minimum absolute atomic E-state index is 0.107. The predicted molar refractivity (Wildman–Crippen MR) is 74.3 cm³/mol. The third-order valence-corrected chi connectivity index (χ3v) is 4.11. The van der Waals surface area contributed by atoms with Crippen molar-refractivity contribution in [3.63, 3.8) is 0 Å². The molecule has 3 atom stereocenters. The molecule has 1 aliphatic heterocycles. The summed E-state index contributed by atoms with van der Waals surface area (Å²) in [4.78, 5) is 2.53. The summed E-state index contributed by atoms with van der Waals surface area (Å²) in [6.45, 7) is 7.92. The average Bonchev–Trinajstić information content (AvgIpc) is 2.33. The van der Waals surface area contributed by atoms with Gasteiger partial charge in [-0.3, -0.25) is 0 Å². The maximum atomic E-state index is 6.07. The molecule has 1 aromatic carbocycles. The summed E-state index contributed by atoms with van der Waals surface area (Å²) in [5, 5.41) is 0. The molecule has 2 unspecified atom stereocenters. The van der Waals surface area contributed by atoms with Crippen LogP contribution in [0.25, 0.3) is 0 Å². The van der Waals surface area contributed by atoms with Gasteiger partial charge < -0.3 is 10.6 Å². The van der Waals surface area contributed by atoms with Gasteiger partial charge in [-0.25, -0.2) is 0 Å². The zero-order chi connectivity index (χ0) is 12.4. The fourth-order valence-corrected chi connectivity index (χ4v) is 2.81. The van der Waals surface area contributed by atoms with Crippen LogP contribution in [0.1, 0.15) is 45.2 Å². The summed E-state index contributed by atoms with van der Waals surface area (Å²) >= 11 is 0. The molecular weight excluding hydrogens is 208 g/mol. The number of hydrogen-bond acceptors (Lipinski definition) is 2. The number of rotatable bonds is 2.